The van der Waals surface area contributed by atoms with Crippen molar-refractivity contribution in [2.24, 2.45) is 0 Å². The van der Waals surface area contributed by atoms with Crippen LogP contribution in [-0.2, 0) is 10.0 Å². The number of piperidine rings is 1. The van der Waals surface area contributed by atoms with Crippen LogP contribution in [0.15, 0.2) is 41.4 Å². The number of rotatable bonds is 3. The molecule has 0 radical (unpaired) electrons. The standard InChI is InChI=1S/C16H21N3O2S/c1-13-12-17-14(2)19(13)15-8-10-18(11-9-15)22(20,21)16-6-4-3-5-7-16/h3-7,12,15H,8-11H2,1-2H3. The Morgan fingerprint density at radius 1 is 1.09 bits per heavy atom. The number of aryl methyl sites for hydroxylation is 2. The molecule has 0 N–H and O–H groups in total. The first kappa shape index (κ1) is 15.2. The minimum absolute atomic E-state index is 0.338. The molecule has 0 spiro atoms. The largest absolute Gasteiger partial charge is 0.329 e. The maximum Gasteiger partial charge on any atom is 0.243 e. The van der Waals surface area contributed by atoms with Gasteiger partial charge in [0.1, 0.15) is 5.82 Å². The van der Waals surface area contributed by atoms with E-state index in [-0.39, 0.29) is 0 Å². The third-order valence-corrected chi connectivity index (χ3v) is 6.25. The van der Waals surface area contributed by atoms with Crippen LogP contribution in [0.5, 0.6) is 0 Å². The van der Waals surface area contributed by atoms with Crippen molar-refractivity contribution in [3.05, 3.63) is 48.0 Å². The summed E-state index contributed by atoms with van der Waals surface area (Å²) in [5, 5.41) is 0. The molecule has 5 nitrogen and oxygen atoms in total. The Hall–Kier alpha value is -1.66. The van der Waals surface area contributed by atoms with Gasteiger partial charge in [0, 0.05) is 31.0 Å². The highest BCUT2D eigenvalue weighted by Crippen LogP contribution is 2.28. The summed E-state index contributed by atoms with van der Waals surface area (Å²) in [5.41, 5.74) is 1.14. The number of imidazole rings is 1. The van der Waals surface area contributed by atoms with E-state index in [2.05, 4.69) is 9.55 Å². The molecule has 1 fully saturated rings. The van der Waals surface area contributed by atoms with Crippen molar-refractivity contribution < 1.29 is 8.42 Å². The summed E-state index contributed by atoms with van der Waals surface area (Å²) in [6.45, 7) is 5.16. The van der Waals surface area contributed by atoms with Crippen LogP contribution in [0, 0.1) is 13.8 Å². The van der Waals surface area contributed by atoms with Crippen molar-refractivity contribution in [3.63, 3.8) is 0 Å². The smallest absolute Gasteiger partial charge is 0.243 e. The third-order valence-electron chi connectivity index (χ3n) is 4.34. The first-order valence-corrected chi connectivity index (χ1v) is 9.00. The van der Waals surface area contributed by atoms with Crippen LogP contribution >= 0.6 is 0 Å². The molecular weight excluding hydrogens is 298 g/mol. The number of nitrogens with zero attached hydrogens (tertiary/aromatic N) is 3. The zero-order valence-electron chi connectivity index (χ0n) is 12.9. The average molecular weight is 319 g/mol. The lowest BCUT2D eigenvalue weighted by Crippen LogP contribution is -2.39. The van der Waals surface area contributed by atoms with Crippen LogP contribution < -0.4 is 0 Å². The summed E-state index contributed by atoms with van der Waals surface area (Å²) in [5.74, 6) is 1.00. The van der Waals surface area contributed by atoms with E-state index in [4.69, 9.17) is 0 Å². The van der Waals surface area contributed by atoms with E-state index in [9.17, 15) is 8.42 Å². The molecule has 1 saturated heterocycles. The summed E-state index contributed by atoms with van der Waals surface area (Å²) in [7, 11) is -3.37. The van der Waals surface area contributed by atoms with Crippen LogP contribution in [0.2, 0.25) is 0 Å². The molecule has 0 amide bonds. The molecule has 0 saturated carbocycles. The number of benzene rings is 1. The Bertz CT molecular complexity index is 725. The molecule has 0 atom stereocenters. The predicted octanol–water partition coefficient (Wildman–Crippen LogP) is 2.53. The lowest BCUT2D eigenvalue weighted by molar-refractivity contribution is 0.269. The van der Waals surface area contributed by atoms with E-state index < -0.39 is 10.0 Å². The van der Waals surface area contributed by atoms with E-state index in [0.717, 1.165) is 24.4 Å². The fourth-order valence-electron chi connectivity index (χ4n) is 3.20. The van der Waals surface area contributed by atoms with Gasteiger partial charge in [0.15, 0.2) is 0 Å². The lowest BCUT2D eigenvalue weighted by Gasteiger charge is -2.33. The van der Waals surface area contributed by atoms with Gasteiger partial charge in [-0.2, -0.15) is 4.31 Å². The molecule has 1 aromatic heterocycles. The minimum atomic E-state index is -3.37. The van der Waals surface area contributed by atoms with Gasteiger partial charge in [-0.3, -0.25) is 0 Å². The number of hydrogen-bond donors (Lipinski definition) is 0. The van der Waals surface area contributed by atoms with E-state index in [1.807, 2.05) is 26.1 Å². The Labute approximate surface area is 131 Å². The van der Waals surface area contributed by atoms with Gasteiger partial charge in [0.25, 0.3) is 0 Å². The van der Waals surface area contributed by atoms with Gasteiger partial charge in [0.05, 0.1) is 4.90 Å². The number of aromatic nitrogens is 2. The van der Waals surface area contributed by atoms with E-state index in [1.165, 1.54) is 0 Å². The average Bonchev–Trinajstić information content (AvgIpc) is 2.87. The molecule has 1 aliphatic heterocycles. The van der Waals surface area contributed by atoms with E-state index in [0.29, 0.717) is 24.0 Å². The second kappa shape index (κ2) is 5.85. The van der Waals surface area contributed by atoms with Gasteiger partial charge in [-0.1, -0.05) is 18.2 Å². The molecule has 6 heteroatoms. The number of sulfonamides is 1. The molecule has 0 aliphatic carbocycles. The summed E-state index contributed by atoms with van der Waals surface area (Å²) in [6, 6.07) is 9.01. The van der Waals surface area contributed by atoms with Crippen molar-refractivity contribution in [2.75, 3.05) is 13.1 Å². The number of hydrogen-bond acceptors (Lipinski definition) is 3. The normalized spacial score (nSPS) is 17.7. The summed E-state index contributed by atoms with van der Waals surface area (Å²) < 4.78 is 29.1. The Kier molecular flexibility index (Phi) is 4.06. The maximum absolute atomic E-state index is 12.6. The lowest BCUT2D eigenvalue weighted by atomic mass is 10.1. The van der Waals surface area contributed by atoms with Crippen molar-refractivity contribution in [1.82, 2.24) is 13.9 Å². The highest BCUT2D eigenvalue weighted by molar-refractivity contribution is 7.89. The van der Waals surface area contributed by atoms with E-state index in [1.54, 1.807) is 28.6 Å². The van der Waals surface area contributed by atoms with Gasteiger partial charge in [-0.25, -0.2) is 13.4 Å². The van der Waals surface area contributed by atoms with Crippen molar-refractivity contribution in [2.45, 2.75) is 37.6 Å². The minimum Gasteiger partial charge on any atom is -0.329 e. The second-order valence-corrected chi connectivity index (χ2v) is 7.70. The Balaban J connectivity index is 1.75. The molecule has 2 aromatic rings. The predicted molar refractivity (Wildman–Crippen MR) is 85.2 cm³/mol. The van der Waals surface area contributed by atoms with Crippen LogP contribution in [0.25, 0.3) is 0 Å². The molecule has 0 bridgehead atoms. The van der Waals surface area contributed by atoms with Crippen molar-refractivity contribution in [3.8, 4) is 0 Å². The molecule has 118 valence electrons. The van der Waals surface area contributed by atoms with E-state index >= 15 is 0 Å². The maximum atomic E-state index is 12.6. The van der Waals surface area contributed by atoms with Crippen LogP contribution in [0.3, 0.4) is 0 Å². The summed E-state index contributed by atoms with van der Waals surface area (Å²) >= 11 is 0. The highest BCUT2D eigenvalue weighted by atomic mass is 32.2. The first-order valence-electron chi connectivity index (χ1n) is 7.56. The Morgan fingerprint density at radius 2 is 1.73 bits per heavy atom. The highest BCUT2D eigenvalue weighted by Gasteiger charge is 2.30. The zero-order chi connectivity index (χ0) is 15.7. The van der Waals surface area contributed by atoms with Crippen LogP contribution in [0.1, 0.15) is 30.4 Å². The summed E-state index contributed by atoms with van der Waals surface area (Å²) in [4.78, 5) is 4.72. The van der Waals surface area contributed by atoms with Crippen LogP contribution in [0.4, 0.5) is 0 Å². The molecule has 0 unspecified atom stereocenters. The third kappa shape index (κ3) is 2.68. The molecule has 1 aliphatic rings. The van der Waals surface area contributed by atoms with Gasteiger partial charge in [-0.05, 0) is 38.8 Å². The Morgan fingerprint density at radius 3 is 2.27 bits per heavy atom. The van der Waals surface area contributed by atoms with Gasteiger partial charge in [-0.15, -0.1) is 0 Å². The second-order valence-electron chi connectivity index (χ2n) is 5.77. The molecule has 22 heavy (non-hydrogen) atoms. The topological polar surface area (TPSA) is 55.2 Å². The van der Waals surface area contributed by atoms with Crippen molar-refractivity contribution >= 4 is 10.0 Å². The first-order chi connectivity index (χ1) is 10.5. The van der Waals surface area contributed by atoms with Crippen molar-refractivity contribution in [1.29, 1.82) is 0 Å². The molecular formula is C16H21N3O2S. The quantitative estimate of drug-likeness (QED) is 0.873. The molecule has 3 rings (SSSR count). The zero-order valence-corrected chi connectivity index (χ0v) is 13.8. The molecule has 2 heterocycles. The van der Waals surface area contributed by atoms with Crippen LogP contribution in [-0.4, -0.2) is 35.4 Å². The van der Waals surface area contributed by atoms with Gasteiger partial charge < -0.3 is 4.57 Å². The SMILES string of the molecule is Cc1cnc(C)n1C1CCN(S(=O)(=O)c2ccccc2)CC1. The fourth-order valence-corrected chi connectivity index (χ4v) is 4.69. The summed E-state index contributed by atoms with van der Waals surface area (Å²) in [6.07, 6.45) is 3.52. The molecule has 1 aromatic carbocycles. The van der Waals surface area contributed by atoms with Gasteiger partial charge >= 0.3 is 0 Å². The monoisotopic (exact) mass is 319 g/mol. The van der Waals surface area contributed by atoms with Gasteiger partial charge in [0.2, 0.25) is 10.0 Å². The fraction of sp³-hybridized carbons (Fsp3) is 0.438.